The quantitative estimate of drug-likeness (QED) is 0.443. The Morgan fingerprint density at radius 2 is 1.17 bits per heavy atom. The van der Waals surface area contributed by atoms with Gasteiger partial charge < -0.3 is 9.47 Å². The van der Waals surface area contributed by atoms with Crippen molar-refractivity contribution in [2.45, 2.75) is 9.79 Å². The minimum Gasteiger partial charge on any atom is -0.465 e. The average molecular weight is 378 g/mol. The average Bonchev–Trinajstić information content (AvgIpc) is 2.61. The second-order valence-electron chi connectivity index (χ2n) is 4.43. The molecule has 0 amide bonds. The molecule has 0 heterocycles. The smallest absolute Gasteiger partial charge is 0.339 e. The minimum absolute atomic E-state index is 0.416. The largest absolute Gasteiger partial charge is 0.465 e. The molecular weight excluding hydrogens is 364 g/mol. The van der Waals surface area contributed by atoms with Gasteiger partial charge in [0.05, 0.1) is 25.3 Å². The van der Waals surface area contributed by atoms with Crippen molar-refractivity contribution in [3.63, 3.8) is 0 Å². The highest BCUT2D eigenvalue weighted by Crippen LogP contribution is 2.34. The van der Waals surface area contributed by atoms with Gasteiger partial charge in [-0.1, -0.05) is 60.0 Å². The normalized spacial score (nSPS) is 10.1. The van der Waals surface area contributed by atoms with E-state index in [4.69, 9.17) is 21.7 Å². The maximum Gasteiger partial charge on any atom is 0.339 e. The first-order chi connectivity index (χ1) is 11.6. The van der Waals surface area contributed by atoms with Gasteiger partial charge >= 0.3 is 11.9 Å². The Kier molecular flexibility index (Phi) is 6.84. The second-order valence-corrected chi connectivity index (χ2v) is 7.72. The molecule has 0 aromatic heterocycles. The summed E-state index contributed by atoms with van der Waals surface area (Å²) in [6.45, 7) is 0. The molecule has 0 saturated carbocycles. The molecule has 0 atom stereocenters. The maximum atomic E-state index is 11.8. The highest BCUT2D eigenvalue weighted by atomic mass is 32.2. The molecule has 0 N–H and O–H groups in total. The van der Waals surface area contributed by atoms with E-state index in [0.29, 0.717) is 24.4 Å². The number of hydrogen-bond acceptors (Lipinski definition) is 7. The fraction of sp³-hybridized carbons (Fsp3) is 0.118. The molecule has 4 nitrogen and oxygen atoms in total. The Hall–Kier alpha value is -1.83. The summed E-state index contributed by atoms with van der Waals surface area (Å²) in [4.78, 5) is 25.0. The molecule has 2 aromatic carbocycles. The van der Waals surface area contributed by atoms with Gasteiger partial charge in [-0.05, 0) is 24.3 Å². The van der Waals surface area contributed by atoms with E-state index in [-0.39, 0.29) is 0 Å². The van der Waals surface area contributed by atoms with Gasteiger partial charge in [0.1, 0.15) is 3.53 Å². The molecule has 7 heteroatoms. The lowest BCUT2D eigenvalue weighted by atomic mass is 10.2. The third-order valence-corrected chi connectivity index (χ3v) is 5.46. The lowest BCUT2D eigenvalue weighted by Gasteiger charge is -2.10. The number of benzene rings is 2. The first kappa shape index (κ1) is 18.5. The van der Waals surface area contributed by atoms with E-state index < -0.39 is 11.9 Å². The van der Waals surface area contributed by atoms with Crippen molar-refractivity contribution in [2.75, 3.05) is 14.2 Å². The van der Waals surface area contributed by atoms with Crippen LogP contribution in [-0.4, -0.2) is 29.7 Å². The number of esters is 2. The van der Waals surface area contributed by atoms with Gasteiger partial charge in [0.15, 0.2) is 0 Å². The van der Waals surface area contributed by atoms with Crippen molar-refractivity contribution in [3.05, 3.63) is 59.7 Å². The highest BCUT2D eigenvalue weighted by Gasteiger charge is 2.16. The standard InChI is InChI=1S/C17H14O4S3/c1-20-15(18)11-7-3-5-9-13(11)23-17(22)24-14-10-6-4-8-12(14)16(19)21-2/h3-10H,1-2H3. The summed E-state index contributed by atoms with van der Waals surface area (Å²) >= 11 is 7.96. The van der Waals surface area contributed by atoms with E-state index in [1.165, 1.54) is 37.7 Å². The zero-order chi connectivity index (χ0) is 17.5. The molecule has 0 radical (unpaired) electrons. The van der Waals surface area contributed by atoms with Gasteiger partial charge in [-0.2, -0.15) is 0 Å². The Morgan fingerprint density at radius 1 is 0.792 bits per heavy atom. The maximum absolute atomic E-state index is 11.8. The van der Waals surface area contributed by atoms with Crippen molar-refractivity contribution in [2.24, 2.45) is 0 Å². The predicted octanol–water partition coefficient (Wildman–Crippen LogP) is 4.43. The minimum atomic E-state index is -0.416. The number of rotatable bonds is 4. The van der Waals surface area contributed by atoms with Crippen LogP contribution in [0.5, 0.6) is 0 Å². The number of methoxy groups -OCH3 is 2. The molecule has 124 valence electrons. The van der Waals surface area contributed by atoms with Gasteiger partial charge in [0.2, 0.25) is 0 Å². The van der Waals surface area contributed by atoms with Crippen LogP contribution in [0.3, 0.4) is 0 Å². The van der Waals surface area contributed by atoms with Crippen LogP contribution in [-0.2, 0) is 9.47 Å². The van der Waals surface area contributed by atoms with Gasteiger partial charge in [-0.3, -0.25) is 0 Å². The summed E-state index contributed by atoms with van der Waals surface area (Å²) < 4.78 is 10.1. The predicted molar refractivity (Wildman–Crippen MR) is 99.9 cm³/mol. The molecular formula is C17H14O4S3. The molecule has 0 aliphatic heterocycles. The lowest BCUT2D eigenvalue weighted by molar-refractivity contribution is 0.0588. The summed E-state index contributed by atoms with van der Waals surface area (Å²) in [5, 5.41) is 0. The van der Waals surface area contributed by atoms with E-state index in [1.807, 2.05) is 12.1 Å². The summed E-state index contributed by atoms with van der Waals surface area (Å²) in [5.41, 5.74) is 0.906. The van der Waals surface area contributed by atoms with Gasteiger partial charge in [-0.15, -0.1) is 0 Å². The van der Waals surface area contributed by atoms with E-state index in [9.17, 15) is 9.59 Å². The SMILES string of the molecule is COC(=O)c1ccccc1SC(=S)Sc1ccccc1C(=O)OC. The van der Waals surface area contributed by atoms with Crippen LogP contribution >= 0.6 is 35.7 Å². The van der Waals surface area contributed by atoms with Crippen molar-refractivity contribution in [1.82, 2.24) is 0 Å². The first-order valence-corrected chi connectivity index (χ1v) is 8.85. The van der Waals surface area contributed by atoms with Gasteiger partial charge in [0, 0.05) is 9.79 Å². The summed E-state index contributed by atoms with van der Waals surface area (Å²) in [7, 11) is 2.67. The van der Waals surface area contributed by atoms with Crippen LogP contribution in [0.1, 0.15) is 20.7 Å². The van der Waals surface area contributed by atoms with Crippen LogP contribution in [0.4, 0.5) is 0 Å². The molecule has 24 heavy (non-hydrogen) atoms. The zero-order valence-corrected chi connectivity index (χ0v) is 15.4. The fourth-order valence-corrected chi connectivity index (χ4v) is 4.29. The molecule has 0 aliphatic carbocycles. The molecule has 0 unspecified atom stereocenters. The first-order valence-electron chi connectivity index (χ1n) is 6.81. The van der Waals surface area contributed by atoms with Crippen LogP contribution in [0.2, 0.25) is 0 Å². The Balaban J connectivity index is 2.19. The molecule has 0 fully saturated rings. The van der Waals surface area contributed by atoms with Crippen molar-refractivity contribution in [3.8, 4) is 0 Å². The Labute approximate surface area is 153 Å². The fourth-order valence-electron chi connectivity index (χ4n) is 1.87. The molecule has 0 aliphatic rings. The van der Waals surface area contributed by atoms with Crippen LogP contribution in [0.25, 0.3) is 0 Å². The molecule has 0 spiro atoms. The lowest BCUT2D eigenvalue weighted by Crippen LogP contribution is -2.04. The third-order valence-electron chi connectivity index (χ3n) is 2.97. The van der Waals surface area contributed by atoms with Crippen LogP contribution in [0, 0.1) is 0 Å². The zero-order valence-electron chi connectivity index (χ0n) is 13.0. The van der Waals surface area contributed by atoms with Gasteiger partial charge in [-0.25, -0.2) is 9.59 Å². The van der Waals surface area contributed by atoms with Crippen molar-refractivity contribution in [1.29, 1.82) is 0 Å². The highest BCUT2D eigenvalue weighted by molar-refractivity contribution is 8.47. The Bertz CT molecular complexity index is 710. The number of hydrogen-bond donors (Lipinski definition) is 0. The monoisotopic (exact) mass is 378 g/mol. The Morgan fingerprint density at radius 3 is 1.54 bits per heavy atom. The summed E-state index contributed by atoms with van der Waals surface area (Å²) in [6.07, 6.45) is 0. The van der Waals surface area contributed by atoms with Crippen LogP contribution in [0.15, 0.2) is 58.3 Å². The molecule has 0 bridgehead atoms. The molecule has 2 rings (SSSR count). The molecule has 2 aromatic rings. The second kappa shape index (κ2) is 8.86. The van der Waals surface area contributed by atoms with Crippen molar-refractivity contribution >= 4 is 51.2 Å². The molecule has 0 saturated heterocycles. The third kappa shape index (κ3) is 4.59. The number of carbonyl (C=O) groups excluding carboxylic acids is 2. The summed E-state index contributed by atoms with van der Waals surface area (Å²) in [6, 6.07) is 14.1. The summed E-state index contributed by atoms with van der Waals surface area (Å²) in [5.74, 6) is -0.832. The van der Waals surface area contributed by atoms with Crippen molar-refractivity contribution < 1.29 is 19.1 Å². The number of thioether (sulfide) groups is 2. The number of carbonyl (C=O) groups is 2. The number of thiocarbonyl (C=S) groups is 1. The number of ether oxygens (including phenoxy) is 2. The topological polar surface area (TPSA) is 52.6 Å². The van der Waals surface area contributed by atoms with E-state index in [1.54, 1.807) is 36.4 Å². The van der Waals surface area contributed by atoms with E-state index in [0.717, 1.165) is 0 Å². The van der Waals surface area contributed by atoms with E-state index >= 15 is 0 Å². The van der Waals surface area contributed by atoms with E-state index in [2.05, 4.69) is 0 Å². The van der Waals surface area contributed by atoms with Gasteiger partial charge in [0.25, 0.3) is 0 Å². The van der Waals surface area contributed by atoms with Crippen LogP contribution < -0.4 is 0 Å².